The van der Waals surface area contributed by atoms with Crippen molar-refractivity contribution in [1.82, 2.24) is 0 Å². The topological polar surface area (TPSA) is 149 Å². The minimum atomic E-state index is -4.00. The first-order valence-electron chi connectivity index (χ1n) is 9.84. The van der Waals surface area contributed by atoms with Gasteiger partial charge in [0.1, 0.15) is 17.3 Å². The molecule has 0 spiro atoms. The van der Waals surface area contributed by atoms with E-state index >= 15 is 0 Å². The second-order valence-electron chi connectivity index (χ2n) is 6.70. The van der Waals surface area contributed by atoms with Crippen LogP contribution in [0, 0.1) is 5.41 Å². The van der Waals surface area contributed by atoms with Crippen molar-refractivity contribution in [3.05, 3.63) is 84.4 Å². The lowest BCUT2D eigenvalue weighted by molar-refractivity contribution is 0.266. The summed E-state index contributed by atoms with van der Waals surface area (Å²) in [4.78, 5) is -0.0741. The molecule has 6 N–H and O–H groups in total. The van der Waals surface area contributed by atoms with Gasteiger partial charge in [-0.1, -0.05) is 18.2 Å². The van der Waals surface area contributed by atoms with Crippen LogP contribution in [-0.4, -0.2) is 32.0 Å². The second kappa shape index (κ2) is 12.3. The van der Waals surface area contributed by atoms with E-state index in [1.165, 1.54) is 12.1 Å². The van der Waals surface area contributed by atoms with Crippen molar-refractivity contribution < 1.29 is 22.4 Å². The van der Waals surface area contributed by atoms with Gasteiger partial charge in [0.2, 0.25) is 0 Å². The van der Waals surface area contributed by atoms with Crippen LogP contribution in [0.25, 0.3) is 0 Å². The number of nitrogens with two attached hydrogens (primary N) is 2. The fourth-order valence-electron chi connectivity index (χ4n) is 2.47. The molecule has 0 aliphatic carbocycles. The van der Waals surface area contributed by atoms with Crippen molar-refractivity contribution in [2.75, 3.05) is 18.9 Å². The lowest BCUT2D eigenvalue weighted by atomic mass is 10.2. The molecule has 0 saturated heterocycles. The standard InChI is InChI=1S/C17H21N3O2.C6H6O3S/c18-14-5-9-16(10-6-14)22-12-2-1-11-21-15-7-3-13(4-8-15)17(19)20;7-10(8,9)6-4-2-1-3-5-6/h3-10H,1-2,11-12,18H2,(H3,19,20);1-5H,(H,7,8,9). The number of ether oxygens (including phenoxy) is 2. The van der Waals surface area contributed by atoms with Crippen LogP contribution >= 0.6 is 0 Å². The van der Waals surface area contributed by atoms with Crippen LogP contribution in [0.15, 0.2) is 83.8 Å². The predicted octanol–water partition coefficient (Wildman–Crippen LogP) is 3.72. The molecule has 3 rings (SSSR count). The number of nitrogens with one attached hydrogen (secondary N) is 1. The van der Waals surface area contributed by atoms with Crippen LogP contribution in [0.3, 0.4) is 0 Å². The summed E-state index contributed by atoms with van der Waals surface area (Å²) in [5.41, 5.74) is 12.4. The molecule has 3 aromatic rings. The summed E-state index contributed by atoms with van der Waals surface area (Å²) in [5.74, 6) is 1.67. The first-order chi connectivity index (χ1) is 15.3. The van der Waals surface area contributed by atoms with Crippen LogP contribution in [0.2, 0.25) is 0 Å². The van der Waals surface area contributed by atoms with Gasteiger partial charge in [0.05, 0.1) is 18.1 Å². The van der Waals surface area contributed by atoms with E-state index in [9.17, 15) is 8.42 Å². The molecule has 0 aliphatic rings. The van der Waals surface area contributed by atoms with Gasteiger partial charge in [-0.2, -0.15) is 8.42 Å². The third-order valence-electron chi connectivity index (χ3n) is 4.16. The molecule has 0 bridgehead atoms. The maximum atomic E-state index is 10.4. The van der Waals surface area contributed by atoms with Gasteiger partial charge in [-0.25, -0.2) is 0 Å². The Morgan fingerprint density at radius 3 is 1.69 bits per heavy atom. The molecule has 0 atom stereocenters. The molecule has 0 radical (unpaired) electrons. The zero-order valence-electron chi connectivity index (χ0n) is 17.5. The largest absolute Gasteiger partial charge is 0.494 e. The molecule has 0 unspecified atom stereocenters. The summed E-state index contributed by atoms with van der Waals surface area (Å²) in [5, 5.41) is 7.32. The zero-order valence-corrected chi connectivity index (χ0v) is 18.3. The van der Waals surface area contributed by atoms with Crippen LogP contribution in [-0.2, 0) is 10.1 Å². The molecule has 170 valence electrons. The van der Waals surface area contributed by atoms with E-state index in [1.807, 2.05) is 36.4 Å². The second-order valence-corrected chi connectivity index (χ2v) is 8.12. The molecule has 0 fully saturated rings. The number of benzene rings is 3. The molecule has 0 aliphatic heterocycles. The Hall–Kier alpha value is -3.56. The van der Waals surface area contributed by atoms with E-state index in [2.05, 4.69) is 0 Å². The molecule has 0 saturated carbocycles. The van der Waals surface area contributed by atoms with Crippen LogP contribution in [0.1, 0.15) is 18.4 Å². The Bertz CT molecular complexity index is 1070. The smallest absolute Gasteiger partial charge is 0.294 e. The molecule has 0 heterocycles. The summed E-state index contributed by atoms with van der Waals surface area (Å²) >= 11 is 0. The van der Waals surface area contributed by atoms with Crippen molar-refractivity contribution >= 4 is 21.6 Å². The van der Waals surface area contributed by atoms with Crippen molar-refractivity contribution in [3.63, 3.8) is 0 Å². The lowest BCUT2D eigenvalue weighted by Crippen LogP contribution is -2.10. The molecule has 9 heteroatoms. The van der Waals surface area contributed by atoms with Crippen molar-refractivity contribution in [1.29, 1.82) is 5.41 Å². The highest BCUT2D eigenvalue weighted by Crippen LogP contribution is 2.14. The summed E-state index contributed by atoms with van der Waals surface area (Å²) < 4.78 is 40.5. The number of hydrogen-bond donors (Lipinski definition) is 4. The van der Waals surface area contributed by atoms with Gasteiger partial charge in [0, 0.05) is 11.3 Å². The third-order valence-corrected chi connectivity index (χ3v) is 5.03. The van der Waals surface area contributed by atoms with Crippen molar-refractivity contribution in [2.24, 2.45) is 5.73 Å². The van der Waals surface area contributed by atoms with E-state index in [0.29, 0.717) is 18.8 Å². The highest BCUT2D eigenvalue weighted by atomic mass is 32.2. The van der Waals surface area contributed by atoms with E-state index in [1.54, 1.807) is 30.3 Å². The normalized spacial score (nSPS) is 10.5. The molecule has 3 aromatic carbocycles. The van der Waals surface area contributed by atoms with Crippen molar-refractivity contribution in [3.8, 4) is 11.5 Å². The molecule has 32 heavy (non-hydrogen) atoms. The summed E-state index contributed by atoms with van der Waals surface area (Å²) in [6, 6.07) is 22.0. The molecule has 0 amide bonds. The van der Waals surface area contributed by atoms with Gasteiger partial charge in [0.15, 0.2) is 0 Å². The van der Waals surface area contributed by atoms with Gasteiger partial charge < -0.3 is 20.9 Å². The average Bonchev–Trinajstić information content (AvgIpc) is 2.78. The fourth-order valence-corrected chi connectivity index (χ4v) is 2.97. The Kier molecular flexibility index (Phi) is 9.52. The highest BCUT2D eigenvalue weighted by molar-refractivity contribution is 7.85. The summed E-state index contributed by atoms with van der Waals surface area (Å²) in [7, 11) is -4.00. The fraction of sp³-hybridized carbons (Fsp3) is 0.174. The van der Waals surface area contributed by atoms with Gasteiger partial charge in [-0.3, -0.25) is 9.96 Å². The van der Waals surface area contributed by atoms with Crippen LogP contribution < -0.4 is 20.9 Å². The van der Waals surface area contributed by atoms with E-state index in [0.717, 1.165) is 30.0 Å². The summed E-state index contributed by atoms with van der Waals surface area (Å²) in [6.45, 7) is 1.28. The van der Waals surface area contributed by atoms with Gasteiger partial charge in [0.25, 0.3) is 10.1 Å². The molecular formula is C23H27N3O5S. The number of amidine groups is 1. The minimum absolute atomic E-state index is 0.0615. The van der Waals surface area contributed by atoms with E-state index in [4.69, 9.17) is 30.9 Å². The Morgan fingerprint density at radius 1 is 0.812 bits per heavy atom. The molecular weight excluding hydrogens is 430 g/mol. The van der Waals surface area contributed by atoms with Gasteiger partial charge in [-0.05, 0) is 73.5 Å². The Balaban J connectivity index is 0.000000303. The third kappa shape index (κ3) is 9.07. The van der Waals surface area contributed by atoms with E-state index < -0.39 is 10.1 Å². The maximum absolute atomic E-state index is 10.4. The van der Waals surface area contributed by atoms with Crippen molar-refractivity contribution in [2.45, 2.75) is 17.7 Å². The number of anilines is 1. The molecule has 0 aromatic heterocycles. The lowest BCUT2D eigenvalue weighted by Gasteiger charge is -2.08. The number of unbranched alkanes of at least 4 members (excludes halogenated alkanes) is 1. The van der Waals surface area contributed by atoms with Gasteiger partial charge >= 0.3 is 0 Å². The SMILES string of the molecule is N=C(N)c1ccc(OCCCCOc2ccc(N)cc2)cc1.O=S(=O)(O)c1ccccc1. The quantitative estimate of drug-likeness (QED) is 0.126. The van der Waals surface area contributed by atoms with Gasteiger partial charge in [-0.15, -0.1) is 0 Å². The van der Waals surface area contributed by atoms with Crippen LogP contribution in [0.5, 0.6) is 11.5 Å². The summed E-state index contributed by atoms with van der Waals surface area (Å²) in [6.07, 6.45) is 1.82. The average molecular weight is 458 g/mol. The zero-order chi connectivity index (χ0) is 23.4. The van der Waals surface area contributed by atoms with Crippen LogP contribution in [0.4, 0.5) is 5.69 Å². The minimum Gasteiger partial charge on any atom is -0.494 e. The number of rotatable bonds is 9. The maximum Gasteiger partial charge on any atom is 0.294 e. The highest BCUT2D eigenvalue weighted by Gasteiger charge is 2.05. The predicted molar refractivity (Wildman–Crippen MR) is 125 cm³/mol. The monoisotopic (exact) mass is 457 g/mol. The molecule has 8 nitrogen and oxygen atoms in total. The first-order valence-corrected chi connectivity index (χ1v) is 11.3. The Labute approximate surface area is 188 Å². The Morgan fingerprint density at radius 2 is 1.28 bits per heavy atom. The number of hydrogen-bond acceptors (Lipinski definition) is 6. The first kappa shape index (κ1) is 24.7. The number of nitrogen functional groups attached to an aromatic ring is 2. The van der Waals surface area contributed by atoms with E-state index in [-0.39, 0.29) is 10.7 Å².